The second kappa shape index (κ2) is 9.45. The molecule has 10 nitrogen and oxygen atoms in total. The van der Waals surface area contributed by atoms with Crippen LogP contribution in [0, 0.1) is 0 Å². The van der Waals surface area contributed by atoms with Crippen LogP contribution in [-0.4, -0.2) is 55.5 Å². The molecule has 2 N–H and O–H groups in total. The van der Waals surface area contributed by atoms with Gasteiger partial charge in [0.15, 0.2) is 17.9 Å². The average Bonchev–Trinajstić information content (AvgIpc) is 2.96. The second-order valence-corrected chi connectivity index (χ2v) is 5.53. The zero-order valence-electron chi connectivity index (χ0n) is 14.2. The van der Waals surface area contributed by atoms with Crippen LogP contribution in [0.15, 0.2) is 12.4 Å². The Morgan fingerprint density at radius 3 is 2.68 bits per heavy atom. The van der Waals surface area contributed by atoms with Gasteiger partial charge < -0.3 is 25.3 Å². The average molecular weight is 351 g/mol. The van der Waals surface area contributed by atoms with Gasteiger partial charge in [0.25, 0.3) is 12.1 Å². The number of aliphatic hydroxyl groups is 1. The smallest absolute Gasteiger partial charge is 0.336 e. The number of carbonyl (C=O) groups is 3. The first-order chi connectivity index (χ1) is 11.8. The number of hydrogen-bond acceptors (Lipinski definition) is 6. The number of nitrogens with one attached hydrogen (secondary N) is 1. The zero-order valence-corrected chi connectivity index (χ0v) is 14.2. The van der Waals surface area contributed by atoms with Crippen LogP contribution < -0.4 is 5.32 Å². The molecule has 0 radical (unpaired) electrons. The largest absolute Gasteiger partial charge is 0.461 e. The number of nitrogens with zero attached hydrogens (tertiary/aromatic N) is 4. The van der Waals surface area contributed by atoms with E-state index in [1.165, 1.54) is 17.0 Å². The summed E-state index contributed by atoms with van der Waals surface area (Å²) in [4.78, 5) is 43.1. The fourth-order valence-corrected chi connectivity index (χ4v) is 1.96. The number of rotatable bonds is 9. The number of esters is 1. The number of aryl methyl sites for hydroxylation is 1. The second-order valence-electron chi connectivity index (χ2n) is 5.53. The molecule has 0 aliphatic carbocycles. The summed E-state index contributed by atoms with van der Waals surface area (Å²) in [5.41, 5.74) is 8.35. The van der Waals surface area contributed by atoms with Crippen molar-refractivity contribution < 1.29 is 29.0 Å². The molecule has 1 rings (SSSR count). The van der Waals surface area contributed by atoms with Crippen LogP contribution in [0.4, 0.5) is 0 Å². The van der Waals surface area contributed by atoms with Crippen molar-refractivity contribution in [2.75, 3.05) is 0 Å². The van der Waals surface area contributed by atoms with Crippen molar-refractivity contribution in [3.63, 3.8) is 0 Å². The molecule has 25 heavy (non-hydrogen) atoms. The number of Topliss-reactive ketones (excluding diaryl/α,β-unsaturated/α-hetero) is 1. The van der Waals surface area contributed by atoms with Crippen molar-refractivity contribution >= 4 is 23.9 Å². The molecule has 0 aliphatic heterocycles. The Labute approximate surface area is 144 Å². The summed E-state index contributed by atoms with van der Waals surface area (Å²) < 4.78 is 6.41. The topological polar surface area (TPSA) is 147 Å². The van der Waals surface area contributed by atoms with Gasteiger partial charge in [-0.2, -0.15) is 4.79 Å². The van der Waals surface area contributed by atoms with Crippen molar-refractivity contribution in [1.82, 2.24) is 14.9 Å². The Morgan fingerprint density at radius 1 is 1.48 bits per heavy atom. The predicted molar refractivity (Wildman–Crippen MR) is 85.3 cm³/mol. The van der Waals surface area contributed by atoms with E-state index < -0.39 is 35.9 Å². The molecule has 0 saturated carbocycles. The third-order valence-corrected chi connectivity index (χ3v) is 3.15. The fourth-order valence-electron chi connectivity index (χ4n) is 1.96. The van der Waals surface area contributed by atoms with E-state index in [9.17, 15) is 19.5 Å². The van der Waals surface area contributed by atoms with Crippen molar-refractivity contribution in [1.29, 1.82) is 0 Å². The highest BCUT2D eigenvalue weighted by molar-refractivity contribution is 6.06. The summed E-state index contributed by atoms with van der Waals surface area (Å²) in [5, 5.41) is 12.2. The Kier molecular flexibility index (Phi) is 7.64. The number of aliphatic hydroxyl groups excluding tert-OH is 1. The van der Waals surface area contributed by atoms with E-state index in [1.807, 2.05) is 0 Å². The third-order valence-electron chi connectivity index (χ3n) is 3.15. The molecular formula is C15H21N5O5. The molecule has 1 amide bonds. The summed E-state index contributed by atoms with van der Waals surface area (Å²) >= 11 is 0. The highest BCUT2D eigenvalue weighted by atomic mass is 16.5. The predicted octanol–water partition coefficient (Wildman–Crippen LogP) is -0.460. The van der Waals surface area contributed by atoms with Gasteiger partial charge >= 0.3 is 5.97 Å². The quantitative estimate of drug-likeness (QED) is 0.202. The van der Waals surface area contributed by atoms with Crippen molar-refractivity contribution in [3.05, 3.63) is 23.7 Å². The van der Waals surface area contributed by atoms with Gasteiger partial charge in [-0.3, -0.25) is 9.59 Å². The summed E-state index contributed by atoms with van der Waals surface area (Å²) in [5.74, 6) is -2.45. The number of ether oxygens (including phenoxy) is 1. The minimum atomic E-state index is -1.65. The number of amides is 1. The van der Waals surface area contributed by atoms with Crippen LogP contribution in [0.25, 0.3) is 5.53 Å². The van der Waals surface area contributed by atoms with Gasteiger partial charge in [-0.25, -0.2) is 9.78 Å². The van der Waals surface area contributed by atoms with E-state index >= 15 is 0 Å². The van der Waals surface area contributed by atoms with Gasteiger partial charge in [-0.15, -0.1) is 0 Å². The van der Waals surface area contributed by atoms with E-state index in [-0.39, 0.29) is 18.7 Å². The first-order valence-corrected chi connectivity index (χ1v) is 7.62. The normalized spacial score (nSPS) is 12.8. The summed E-state index contributed by atoms with van der Waals surface area (Å²) in [6, 6.07) is -1.57. The van der Waals surface area contributed by atoms with Gasteiger partial charge in [-0.05, 0) is 13.8 Å². The molecule has 0 saturated heterocycles. The van der Waals surface area contributed by atoms with Crippen LogP contribution in [0.5, 0.6) is 0 Å². The van der Waals surface area contributed by atoms with Crippen molar-refractivity contribution in [3.8, 4) is 0 Å². The fraction of sp³-hybridized carbons (Fsp3) is 0.533. The Hall–Kier alpha value is -2.84. The van der Waals surface area contributed by atoms with Crippen LogP contribution in [0.2, 0.25) is 0 Å². The lowest BCUT2D eigenvalue weighted by atomic mass is 10.1. The zero-order chi connectivity index (χ0) is 19.0. The Balaban J connectivity index is 2.89. The molecule has 1 heterocycles. The van der Waals surface area contributed by atoms with Crippen LogP contribution in [-0.2, 0) is 26.2 Å². The molecular weight excluding hydrogens is 330 g/mol. The number of hydrogen-bond donors (Lipinski definition) is 2. The standard InChI is InChI=1S/C15H21N5O5/c1-9(2)25-15(24)11(10(21)5-4-6-18-16)19-14(23)12(22)13-17-7-8-20(13)3/h6-9,11-12,22H,4-5H2,1-3H3,(H,19,23)/t11-,12+/m0/s1. The lowest BCUT2D eigenvalue weighted by Gasteiger charge is -2.19. The maximum Gasteiger partial charge on any atom is 0.336 e. The van der Waals surface area contributed by atoms with Gasteiger partial charge in [0.05, 0.1) is 6.10 Å². The Bertz CT molecular complexity index is 678. The maximum atomic E-state index is 12.2. The van der Waals surface area contributed by atoms with Crippen LogP contribution in [0.1, 0.15) is 38.6 Å². The lowest BCUT2D eigenvalue weighted by Crippen LogP contribution is -2.49. The number of ketones is 1. The van der Waals surface area contributed by atoms with Crippen molar-refractivity contribution in [2.24, 2.45) is 7.05 Å². The van der Waals surface area contributed by atoms with Gasteiger partial charge in [0.1, 0.15) is 5.82 Å². The van der Waals surface area contributed by atoms with Gasteiger partial charge in [0.2, 0.25) is 0 Å². The van der Waals surface area contributed by atoms with E-state index in [1.54, 1.807) is 20.9 Å². The molecule has 1 aromatic heterocycles. The molecule has 0 aliphatic rings. The summed E-state index contributed by atoms with van der Waals surface area (Å²) in [7, 11) is 1.59. The van der Waals surface area contributed by atoms with Gasteiger partial charge in [0, 0.05) is 32.3 Å². The van der Waals surface area contributed by atoms with E-state index in [4.69, 9.17) is 10.3 Å². The minimum Gasteiger partial charge on any atom is -0.461 e. The molecule has 136 valence electrons. The summed E-state index contributed by atoms with van der Waals surface area (Å²) in [6.45, 7) is 3.20. The number of carbonyl (C=O) groups excluding carboxylic acids is 3. The molecule has 0 bridgehead atoms. The molecule has 0 aromatic carbocycles. The highest BCUT2D eigenvalue weighted by Crippen LogP contribution is 2.11. The third kappa shape index (κ3) is 5.94. The first-order valence-electron chi connectivity index (χ1n) is 7.62. The van der Waals surface area contributed by atoms with E-state index in [2.05, 4.69) is 15.1 Å². The maximum absolute atomic E-state index is 12.2. The molecule has 0 fully saturated rings. The summed E-state index contributed by atoms with van der Waals surface area (Å²) in [6.07, 6.45) is 1.82. The molecule has 2 atom stereocenters. The SMILES string of the molecule is CC(C)OC(=O)[C@@H](NC(=O)[C@H](O)c1nccn1C)C(=O)CCC=[N+]=[N-]. The molecule has 10 heteroatoms. The van der Waals surface area contributed by atoms with Crippen molar-refractivity contribution in [2.45, 2.75) is 44.9 Å². The molecule has 0 unspecified atom stereocenters. The highest BCUT2D eigenvalue weighted by Gasteiger charge is 2.33. The minimum absolute atomic E-state index is 0.0633. The first kappa shape index (κ1) is 20.2. The molecule has 0 spiro atoms. The van der Waals surface area contributed by atoms with Crippen LogP contribution in [0.3, 0.4) is 0 Å². The lowest BCUT2D eigenvalue weighted by molar-refractivity contribution is -0.155. The van der Waals surface area contributed by atoms with E-state index in [0.29, 0.717) is 0 Å². The van der Waals surface area contributed by atoms with E-state index in [0.717, 1.165) is 6.21 Å². The monoisotopic (exact) mass is 351 g/mol. The molecule has 1 aromatic rings. The Morgan fingerprint density at radius 2 is 2.16 bits per heavy atom. The number of imidazole rings is 1. The van der Waals surface area contributed by atoms with Gasteiger partial charge in [-0.1, -0.05) is 0 Å². The number of aromatic nitrogens is 2. The van der Waals surface area contributed by atoms with Crippen LogP contribution >= 0.6 is 0 Å².